The predicted molar refractivity (Wildman–Crippen MR) is 62.7 cm³/mol. The number of rotatable bonds is 4. The zero-order valence-electron chi connectivity index (χ0n) is 10.9. The molecular formula is C12H19NO5. The first kappa shape index (κ1) is 13.2. The Morgan fingerprint density at radius 3 is 2.78 bits per heavy atom. The molecule has 0 aliphatic carbocycles. The third-order valence-corrected chi connectivity index (χ3v) is 2.90. The maximum Gasteiger partial charge on any atom is 0.376 e. The first-order valence-electron chi connectivity index (χ1n) is 6.14. The van der Waals surface area contributed by atoms with Crippen LogP contribution in [0.15, 0.2) is 11.5 Å². The lowest BCUT2D eigenvalue weighted by Crippen LogP contribution is -2.37. The first-order chi connectivity index (χ1) is 8.44. The summed E-state index contributed by atoms with van der Waals surface area (Å²) in [7, 11) is 0. The number of carbonyl (C=O) groups excluding carboxylic acids is 1. The van der Waals surface area contributed by atoms with Crippen LogP contribution in [0, 0.1) is 0 Å². The van der Waals surface area contributed by atoms with E-state index in [-0.39, 0.29) is 5.76 Å². The van der Waals surface area contributed by atoms with Crippen LogP contribution in [-0.4, -0.2) is 42.2 Å². The van der Waals surface area contributed by atoms with E-state index in [1.807, 2.05) is 6.92 Å². The smallest absolute Gasteiger partial charge is 0.376 e. The number of aliphatic hydroxyl groups is 1. The van der Waals surface area contributed by atoms with Crippen LogP contribution in [0.2, 0.25) is 0 Å². The lowest BCUT2D eigenvalue weighted by Gasteiger charge is -2.22. The van der Waals surface area contributed by atoms with E-state index in [9.17, 15) is 9.90 Å². The summed E-state index contributed by atoms with van der Waals surface area (Å²) < 4.78 is 16.2. The fraction of sp³-hybridized carbons (Fsp3) is 0.750. The van der Waals surface area contributed by atoms with E-state index in [4.69, 9.17) is 14.2 Å². The monoisotopic (exact) mass is 257 g/mol. The highest BCUT2D eigenvalue weighted by Gasteiger charge is 2.46. The molecule has 1 saturated heterocycles. The van der Waals surface area contributed by atoms with Gasteiger partial charge in [0, 0.05) is 6.54 Å². The van der Waals surface area contributed by atoms with Gasteiger partial charge in [-0.05, 0) is 20.3 Å². The van der Waals surface area contributed by atoms with Crippen LogP contribution in [-0.2, 0) is 19.0 Å². The largest absolute Gasteiger partial charge is 0.501 e. The number of cyclic esters (lactones) is 1. The Labute approximate surface area is 106 Å². The fourth-order valence-electron chi connectivity index (χ4n) is 2.05. The second kappa shape index (κ2) is 4.78. The number of nitrogens with one attached hydrogen (secondary N) is 1. The van der Waals surface area contributed by atoms with E-state index >= 15 is 0 Å². The van der Waals surface area contributed by atoms with Crippen molar-refractivity contribution < 1.29 is 24.1 Å². The molecule has 0 bridgehead atoms. The molecule has 6 heteroatoms. The van der Waals surface area contributed by atoms with Crippen molar-refractivity contribution >= 4 is 5.97 Å². The molecule has 1 fully saturated rings. The summed E-state index contributed by atoms with van der Waals surface area (Å²) in [6, 6.07) is 0. The highest BCUT2D eigenvalue weighted by atomic mass is 16.8. The Bertz CT molecular complexity index is 377. The second-order valence-corrected chi connectivity index (χ2v) is 4.88. The average molecular weight is 257 g/mol. The molecular weight excluding hydrogens is 238 g/mol. The van der Waals surface area contributed by atoms with Crippen LogP contribution in [0.5, 0.6) is 0 Å². The number of aliphatic hydroxyl groups excluding tert-OH is 1. The molecule has 0 aromatic carbocycles. The maximum atomic E-state index is 11.4. The van der Waals surface area contributed by atoms with Crippen LogP contribution in [0.3, 0.4) is 0 Å². The molecule has 18 heavy (non-hydrogen) atoms. The van der Waals surface area contributed by atoms with Gasteiger partial charge in [0.15, 0.2) is 11.9 Å². The summed E-state index contributed by atoms with van der Waals surface area (Å²) in [6.07, 6.45) is -0.135. The highest BCUT2D eigenvalue weighted by Crippen LogP contribution is 2.31. The van der Waals surface area contributed by atoms with Crippen molar-refractivity contribution in [1.82, 2.24) is 5.32 Å². The van der Waals surface area contributed by atoms with Crippen molar-refractivity contribution in [1.29, 1.82) is 0 Å². The van der Waals surface area contributed by atoms with E-state index in [1.54, 1.807) is 13.8 Å². The van der Waals surface area contributed by atoms with Gasteiger partial charge in [-0.2, -0.15) is 0 Å². The Hall–Kier alpha value is -1.27. The van der Waals surface area contributed by atoms with Crippen LogP contribution >= 0.6 is 0 Å². The Morgan fingerprint density at radius 2 is 2.22 bits per heavy atom. The molecule has 2 rings (SSSR count). The minimum absolute atomic E-state index is 0.329. The molecule has 2 aliphatic heterocycles. The van der Waals surface area contributed by atoms with E-state index in [2.05, 4.69) is 5.32 Å². The molecule has 0 radical (unpaired) electrons. The average Bonchev–Trinajstić information content (AvgIpc) is 2.79. The summed E-state index contributed by atoms with van der Waals surface area (Å²) in [5, 5.41) is 12.7. The lowest BCUT2D eigenvalue weighted by atomic mass is 10.1. The zero-order chi connectivity index (χ0) is 13.3. The summed E-state index contributed by atoms with van der Waals surface area (Å²) >= 11 is 0. The van der Waals surface area contributed by atoms with Crippen LogP contribution in [0.25, 0.3) is 0 Å². The minimum Gasteiger partial charge on any atom is -0.501 e. The Kier molecular flexibility index (Phi) is 3.49. The first-order valence-corrected chi connectivity index (χ1v) is 6.14. The van der Waals surface area contributed by atoms with Gasteiger partial charge in [0.05, 0.1) is 6.61 Å². The molecule has 0 aromatic rings. The number of esters is 1. The third kappa shape index (κ3) is 2.44. The molecule has 2 unspecified atom stereocenters. The molecule has 102 valence electrons. The molecule has 0 spiro atoms. The van der Waals surface area contributed by atoms with Crippen molar-refractivity contribution in [2.45, 2.75) is 45.2 Å². The molecule has 0 aromatic heterocycles. The standard InChI is InChI=1S/C12H19NO5/c1-4-5-13-8-9(14)11(15)17-10(8)7-6-16-12(2,3)18-7/h7,10,13-14H,4-6H2,1-3H3. The molecule has 2 atom stereocenters. The van der Waals surface area contributed by atoms with Gasteiger partial charge in [-0.3, -0.25) is 0 Å². The zero-order valence-corrected chi connectivity index (χ0v) is 10.9. The lowest BCUT2D eigenvalue weighted by molar-refractivity contribution is -0.161. The SMILES string of the molecule is CCCNC1=C(O)C(=O)OC1C1COC(C)(C)O1. The Balaban J connectivity index is 2.11. The van der Waals surface area contributed by atoms with Gasteiger partial charge in [0.2, 0.25) is 5.76 Å². The number of carbonyl (C=O) groups is 1. The third-order valence-electron chi connectivity index (χ3n) is 2.90. The van der Waals surface area contributed by atoms with Gasteiger partial charge >= 0.3 is 5.97 Å². The van der Waals surface area contributed by atoms with E-state index in [0.29, 0.717) is 18.8 Å². The van der Waals surface area contributed by atoms with Gasteiger partial charge in [-0.25, -0.2) is 4.79 Å². The number of hydrogen-bond acceptors (Lipinski definition) is 6. The van der Waals surface area contributed by atoms with Crippen molar-refractivity contribution in [2.24, 2.45) is 0 Å². The van der Waals surface area contributed by atoms with Gasteiger partial charge < -0.3 is 24.6 Å². The Morgan fingerprint density at radius 1 is 1.50 bits per heavy atom. The predicted octanol–water partition coefficient (Wildman–Crippen LogP) is 0.832. The minimum atomic E-state index is -0.716. The molecule has 6 nitrogen and oxygen atoms in total. The molecule has 2 aliphatic rings. The van der Waals surface area contributed by atoms with Crippen LogP contribution in [0.4, 0.5) is 0 Å². The van der Waals surface area contributed by atoms with Crippen LogP contribution < -0.4 is 5.32 Å². The normalized spacial score (nSPS) is 30.7. The molecule has 0 saturated carbocycles. The molecule has 2 heterocycles. The second-order valence-electron chi connectivity index (χ2n) is 4.88. The summed E-state index contributed by atoms with van der Waals surface area (Å²) in [5.74, 6) is -1.76. The van der Waals surface area contributed by atoms with E-state index in [0.717, 1.165) is 6.42 Å². The van der Waals surface area contributed by atoms with Crippen molar-refractivity contribution in [3.8, 4) is 0 Å². The molecule has 2 N–H and O–H groups in total. The maximum absolute atomic E-state index is 11.4. The van der Waals surface area contributed by atoms with Gasteiger partial charge in [0.1, 0.15) is 11.8 Å². The summed E-state index contributed by atoms with van der Waals surface area (Å²) in [6.45, 7) is 6.58. The molecule has 0 amide bonds. The quantitative estimate of drug-likeness (QED) is 0.726. The van der Waals surface area contributed by atoms with E-state index < -0.39 is 24.0 Å². The van der Waals surface area contributed by atoms with Gasteiger partial charge in [-0.15, -0.1) is 0 Å². The number of ether oxygens (including phenoxy) is 3. The van der Waals surface area contributed by atoms with Gasteiger partial charge in [0.25, 0.3) is 0 Å². The van der Waals surface area contributed by atoms with E-state index in [1.165, 1.54) is 0 Å². The van der Waals surface area contributed by atoms with Crippen molar-refractivity contribution in [3.05, 3.63) is 11.5 Å². The highest BCUT2D eigenvalue weighted by molar-refractivity contribution is 5.89. The summed E-state index contributed by atoms with van der Waals surface area (Å²) in [5.41, 5.74) is 0.396. The van der Waals surface area contributed by atoms with Gasteiger partial charge in [-0.1, -0.05) is 6.92 Å². The topological polar surface area (TPSA) is 77.0 Å². The number of hydrogen-bond donors (Lipinski definition) is 2. The van der Waals surface area contributed by atoms with Crippen molar-refractivity contribution in [2.75, 3.05) is 13.2 Å². The fourth-order valence-corrected chi connectivity index (χ4v) is 2.05. The summed E-state index contributed by atoms with van der Waals surface area (Å²) in [4.78, 5) is 11.4. The van der Waals surface area contributed by atoms with Crippen LogP contribution in [0.1, 0.15) is 27.2 Å². The van der Waals surface area contributed by atoms with Crippen molar-refractivity contribution in [3.63, 3.8) is 0 Å².